The molecule has 0 aliphatic heterocycles. The number of para-hydroxylation sites is 2. The molecule has 0 spiro atoms. The number of hydrogen-bond acceptors (Lipinski definition) is 3. The number of ether oxygens (including phenoxy) is 1. The molecule has 0 bridgehead atoms. The topological polar surface area (TPSA) is 27.1 Å². The highest BCUT2D eigenvalue weighted by atomic mass is 32.1. The molecular weight excluding hydrogens is 280 g/mol. The molecule has 0 N–H and O–H groups in total. The number of benzene rings is 2. The molecule has 3 rings (SSSR count). The summed E-state index contributed by atoms with van der Waals surface area (Å²) >= 11 is 4.43. The molecule has 0 amide bonds. The van der Waals surface area contributed by atoms with E-state index in [-0.39, 0.29) is 0 Å². The van der Waals surface area contributed by atoms with E-state index in [0.717, 1.165) is 28.3 Å². The summed E-state index contributed by atoms with van der Waals surface area (Å²) in [6.07, 6.45) is 2.02. The van der Waals surface area contributed by atoms with Gasteiger partial charge >= 0.3 is 0 Å². The van der Waals surface area contributed by atoms with Crippen LogP contribution >= 0.6 is 12.6 Å². The van der Waals surface area contributed by atoms with Crippen LogP contribution < -0.4 is 4.74 Å². The highest BCUT2D eigenvalue weighted by Gasteiger charge is 2.14. The lowest BCUT2D eigenvalue weighted by molar-refractivity contribution is 0.416. The Balaban J connectivity index is 2.13. The van der Waals surface area contributed by atoms with E-state index >= 15 is 0 Å². The van der Waals surface area contributed by atoms with Crippen molar-refractivity contribution in [1.29, 1.82) is 0 Å². The van der Waals surface area contributed by atoms with Crippen LogP contribution in [0.1, 0.15) is 5.56 Å². The molecule has 1 aromatic heterocycles. The van der Waals surface area contributed by atoms with Gasteiger partial charge in [0.15, 0.2) is 0 Å². The van der Waals surface area contributed by atoms with Gasteiger partial charge in [-0.1, -0.05) is 30.3 Å². The molecule has 0 aliphatic carbocycles. The number of rotatable bonds is 4. The van der Waals surface area contributed by atoms with Crippen molar-refractivity contribution < 1.29 is 4.74 Å². The lowest BCUT2D eigenvalue weighted by Crippen LogP contribution is -1.95. The largest absolute Gasteiger partial charge is 0.496 e. The van der Waals surface area contributed by atoms with E-state index in [1.807, 2.05) is 65.5 Å². The molecular formula is C17H16N2OS. The highest BCUT2D eigenvalue weighted by Crippen LogP contribution is 2.32. The summed E-state index contributed by atoms with van der Waals surface area (Å²) in [6, 6.07) is 18.0. The Kier molecular flexibility index (Phi) is 3.97. The van der Waals surface area contributed by atoms with Gasteiger partial charge in [-0.3, -0.25) is 0 Å². The zero-order valence-electron chi connectivity index (χ0n) is 11.7. The van der Waals surface area contributed by atoms with Crippen molar-refractivity contribution in [2.45, 2.75) is 5.75 Å². The average Bonchev–Trinajstić information content (AvgIpc) is 2.99. The predicted octanol–water partition coefficient (Wildman–Crippen LogP) is 3.98. The number of aromatic nitrogens is 2. The highest BCUT2D eigenvalue weighted by molar-refractivity contribution is 7.79. The van der Waals surface area contributed by atoms with Crippen LogP contribution in [0.3, 0.4) is 0 Å². The fourth-order valence-electron chi connectivity index (χ4n) is 2.31. The summed E-state index contributed by atoms with van der Waals surface area (Å²) in [5, 5.41) is 4.72. The first-order valence-electron chi connectivity index (χ1n) is 6.71. The zero-order chi connectivity index (χ0) is 14.7. The molecule has 21 heavy (non-hydrogen) atoms. The Hall–Kier alpha value is -2.20. The van der Waals surface area contributed by atoms with Crippen LogP contribution in [0.4, 0.5) is 0 Å². The van der Waals surface area contributed by atoms with E-state index in [4.69, 9.17) is 9.84 Å². The Morgan fingerprint density at radius 3 is 2.48 bits per heavy atom. The van der Waals surface area contributed by atoms with Crippen LogP contribution in [0.25, 0.3) is 16.9 Å². The summed E-state index contributed by atoms with van der Waals surface area (Å²) < 4.78 is 7.32. The normalized spacial score (nSPS) is 10.6. The molecule has 4 heteroatoms. The van der Waals surface area contributed by atoms with Gasteiger partial charge in [-0.05, 0) is 24.3 Å². The van der Waals surface area contributed by atoms with Crippen LogP contribution in [0, 0.1) is 0 Å². The van der Waals surface area contributed by atoms with Gasteiger partial charge in [-0.15, -0.1) is 0 Å². The Bertz CT molecular complexity index is 738. The minimum atomic E-state index is 0.625. The van der Waals surface area contributed by atoms with Crippen molar-refractivity contribution in [3.8, 4) is 22.7 Å². The molecule has 0 aliphatic rings. The van der Waals surface area contributed by atoms with Gasteiger partial charge in [-0.2, -0.15) is 17.7 Å². The maximum Gasteiger partial charge on any atom is 0.128 e. The second kappa shape index (κ2) is 6.06. The first-order chi connectivity index (χ1) is 10.3. The van der Waals surface area contributed by atoms with Gasteiger partial charge in [0.2, 0.25) is 0 Å². The third-order valence-corrected chi connectivity index (χ3v) is 3.68. The third-order valence-electron chi connectivity index (χ3n) is 3.34. The molecule has 0 saturated carbocycles. The number of nitrogens with zero attached hydrogens (tertiary/aromatic N) is 2. The van der Waals surface area contributed by atoms with E-state index in [0.29, 0.717) is 5.75 Å². The molecule has 3 aromatic rings. The minimum absolute atomic E-state index is 0.625. The van der Waals surface area contributed by atoms with E-state index < -0.39 is 0 Å². The second-order valence-corrected chi connectivity index (χ2v) is 4.96. The number of methoxy groups -OCH3 is 1. The molecule has 2 aromatic carbocycles. The number of thiol groups is 1. The minimum Gasteiger partial charge on any atom is -0.496 e. The van der Waals surface area contributed by atoms with Crippen molar-refractivity contribution in [2.75, 3.05) is 7.11 Å². The first kappa shape index (κ1) is 13.8. The van der Waals surface area contributed by atoms with Gasteiger partial charge in [0, 0.05) is 23.1 Å². The van der Waals surface area contributed by atoms with Crippen LogP contribution in [-0.2, 0) is 5.75 Å². The van der Waals surface area contributed by atoms with Crippen LogP contribution in [0.2, 0.25) is 0 Å². The van der Waals surface area contributed by atoms with Crippen LogP contribution in [-0.4, -0.2) is 16.9 Å². The first-order valence-corrected chi connectivity index (χ1v) is 7.35. The van der Waals surface area contributed by atoms with Crippen molar-refractivity contribution in [2.24, 2.45) is 0 Å². The van der Waals surface area contributed by atoms with Crippen molar-refractivity contribution in [1.82, 2.24) is 9.78 Å². The summed E-state index contributed by atoms with van der Waals surface area (Å²) in [6.45, 7) is 0. The summed E-state index contributed by atoms with van der Waals surface area (Å²) in [5.41, 5.74) is 4.00. The van der Waals surface area contributed by atoms with Gasteiger partial charge in [-0.25, -0.2) is 4.68 Å². The maximum atomic E-state index is 5.44. The molecule has 0 atom stereocenters. The fraction of sp³-hybridized carbons (Fsp3) is 0.118. The molecule has 0 unspecified atom stereocenters. The van der Waals surface area contributed by atoms with E-state index in [1.54, 1.807) is 7.11 Å². The maximum absolute atomic E-state index is 5.44. The van der Waals surface area contributed by atoms with Crippen LogP contribution in [0.5, 0.6) is 5.75 Å². The van der Waals surface area contributed by atoms with E-state index in [9.17, 15) is 0 Å². The van der Waals surface area contributed by atoms with Gasteiger partial charge < -0.3 is 4.74 Å². The Morgan fingerprint density at radius 1 is 1.05 bits per heavy atom. The quantitative estimate of drug-likeness (QED) is 0.737. The average molecular weight is 296 g/mol. The zero-order valence-corrected chi connectivity index (χ0v) is 12.6. The van der Waals surface area contributed by atoms with Gasteiger partial charge in [0.1, 0.15) is 11.4 Å². The molecule has 106 valence electrons. The van der Waals surface area contributed by atoms with E-state index in [1.165, 1.54) is 0 Å². The molecule has 3 nitrogen and oxygen atoms in total. The fourth-order valence-corrected chi connectivity index (χ4v) is 2.54. The molecule has 1 heterocycles. The molecule has 0 radical (unpaired) electrons. The SMILES string of the molecule is COc1ccccc1-c1nn(-c2ccccc2)cc1CS. The summed E-state index contributed by atoms with van der Waals surface area (Å²) in [7, 11) is 1.67. The lowest BCUT2D eigenvalue weighted by atomic mass is 10.1. The predicted molar refractivity (Wildman–Crippen MR) is 88.2 cm³/mol. The summed E-state index contributed by atoms with van der Waals surface area (Å²) in [5.74, 6) is 1.44. The van der Waals surface area contributed by atoms with Crippen molar-refractivity contribution in [3.05, 3.63) is 66.4 Å². The van der Waals surface area contributed by atoms with Gasteiger partial charge in [0.05, 0.1) is 12.8 Å². The Morgan fingerprint density at radius 2 is 1.76 bits per heavy atom. The standard InChI is InChI=1S/C17H16N2OS/c1-20-16-10-6-5-9-15(16)17-13(12-21)11-19(18-17)14-7-3-2-4-8-14/h2-11,21H,12H2,1H3. The van der Waals surface area contributed by atoms with Crippen molar-refractivity contribution in [3.63, 3.8) is 0 Å². The lowest BCUT2D eigenvalue weighted by Gasteiger charge is -2.06. The third kappa shape index (κ3) is 2.67. The second-order valence-electron chi connectivity index (χ2n) is 4.64. The van der Waals surface area contributed by atoms with Crippen LogP contribution in [0.15, 0.2) is 60.8 Å². The molecule has 0 fully saturated rings. The summed E-state index contributed by atoms with van der Waals surface area (Å²) in [4.78, 5) is 0. The monoisotopic (exact) mass is 296 g/mol. The number of hydrogen-bond donors (Lipinski definition) is 1. The smallest absolute Gasteiger partial charge is 0.128 e. The van der Waals surface area contributed by atoms with Crippen molar-refractivity contribution >= 4 is 12.6 Å². The molecule has 0 saturated heterocycles. The van der Waals surface area contributed by atoms with E-state index in [2.05, 4.69) is 12.6 Å². The Labute approximate surface area is 129 Å². The van der Waals surface area contributed by atoms with Gasteiger partial charge in [0.25, 0.3) is 0 Å².